The summed E-state index contributed by atoms with van der Waals surface area (Å²) in [5, 5.41) is -0.614. The van der Waals surface area contributed by atoms with Crippen molar-refractivity contribution < 1.29 is 17.9 Å². The smallest absolute Gasteiger partial charge is 0.324 e. The van der Waals surface area contributed by atoms with Crippen molar-refractivity contribution in [1.29, 1.82) is 0 Å². The highest BCUT2D eigenvalue weighted by molar-refractivity contribution is 7.92. The molecule has 0 heterocycles. The number of carbonyl (C=O) groups excluding carboxylic acids is 1. The number of rotatable bonds is 4. The monoisotopic (exact) mass is 276 g/mol. The van der Waals surface area contributed by atoms with Crippen LogP contribution in [-0.2, 0) is 25.8 Å². The first-order valence-electron chi connectivity index (χ1n) is 4.85. The summed E-state index contributed by atoms with van der Waals surface area (Å²) in [6.45, 7) is 0. The quantitative estimate of drug-likeness (QED) is 0.782. The molecule has 0 fully saturated rings. The fraction of sp³-hybridized carbons (Fsp3) is 0.364. The standard InChI is InChI=1S/C11H13ClO4S/c1-16-11(13)10(17(2,14)15)7-8-3-5-9(12)6-4-8/h3-6,10H,7H2,1-2H3. The fourth-order valence-electron chi connectivity index (χ4n) is 1.38. The third-order valence-electron chi connectivity index (χ3n) is 2.32. The summed E-state index contributed by atoms with van der Waals surface area (Å²) in [7, 11) is -2.32. The Morgan fingerprint density at radius 2 is 1.88 bits per heavy atom. The number of sulfone groups is 1. The lowest BCUT2D eigenvalue weighted by Gasteiger charge is -2.12. The van der Waals surface area contributed by atoms with Crippen LogP contribution in [0.15, 0.2) is 24.3 Å². The van der Waals surface area contributed by atoms with E-state index in [1.54, 1.807) is 24.3 Å². The zero-order chi connectivity index (χ0) is 13.1. The lowest BCUT2D eigenvalue weighted by molar-refractivity contribution is -0.140. The molecule has 4 nitrogen and oxygen atoms in total. The molecule has 1 aromatic rings. The van der Waals surface area contributed by atoms with Crippen LogP contribution in [0.4, 0.5) is 0 Å². The summed E-state index contributed by atoms with van der Waals surface area (Å²) >= 11 is 5.72. The van der Waals surface area contributed by atoms with E-state index in [0.29, 0.717) is 5.02 Å². The van der Waals surface area contributed by atoms with Crippen molar-refractivity contribution in [1.82, 2.24) is 0 Å². The van der Waals surface area contributed by atoms with Gasteiger partial charge in [-0.15, -0.1) is 0 Å². The molecule has 94 valence electrons. The number of methoxy groups -OCH3 is 1. The van der Waals surface area contributed by atoms with E-state index in [0.717, 1.165) is 11.8 Å². The Balaban J connectivity index is 2.95. The summed E-state index contributed by atoms with van der Waals surface area (Å²) in [6.07, 6.45) is 1.10. The Morgan fingerprint density at radius 3 is 2.29 bits per heavy atom. The van der Waals surface area contributed by atoms with E-state index >= 15 is 0 Å². The lowest BCUT2D eigenvalue weighted by atomic mass is 10.1. The Labute approximate surface area is 105 Å². The molecule has 0 spiro atoms. The minimum Gasteiger partial charge on any atom is -0.468 e. The average Bonchev–Trinajstić information content (AvgIpc) is 2.25. The first kappa shape index (κ1) is 14.0. The molecule has 0 aliphatic rings. The van der Waals surface area contributed by atoms with Gasteiger partial charge in [0.2, 0.25) is 0 Å². The molecule has 0 aromatic heterocycles. The molecule has 0 N–H and O–H groups in total. The third-order valence-corrected chi connectivity index (χ3v) is 3.96. The summed E-state index contributed by atoms with van der Waals surface area (Å²) in [5.41, 5.74) is 0.718. The molecule has 0 aliphatic heterocycles. The number of esters is 1. The molecule has 0 saturated carbocycles. The van der Waals surface area contributed by atoms with Crippen LogP contribution in [0.25, 0.3) is 0 Å². The van der Waals surface area contributed by atoms with Gasteiger partial charge in [0.15, 0.2) is 15.1 Å². The van der Waals surface area contributed by atoms with Gasteiger partial charge in [0.25, 0.3) is 0 Å². The maximum Gasteiger partial charge on any atom is 0.324 e. The van der Waals surface area contributed by atoms with E-state index < -0.39 is 21.1 Å². The Hall–Kier alpha value is -1.07. The van der Waals surface area contributed by atoms with Crippen molar-refractivity contribution in [2.24, 2.45) is 0 Å². The summed E-state index contributed by atoms with van der Waals surface area (Å²) in [4.78, 5) is 11.4. The van der Waals surface area contributed by atoms with Crippen LogP contribution >= 0.6 is 11.6 Å². The number of benzene rings is 1. The van der Waals surface area contributed by atoms with Gasteiger partial charge in [-0.2, -0.15) is 0 Å². The molecular formula is C11H13ClO4S. The topological polar surface area (TPSA) is 60.4 Å². The first-order chi connectivity index (χ1) is 7.84. The van der Waals surface area contributed by atoms with E-state index in [9.17, 15) is 13.2 Å². The average molecular weight is 277 g/mol. The number of ether oxygens (including phenoxy) is 1. The van der Waals surface area contributed by atoms with Gasteiger partial charge >= 0.3 is 5.97 Å². The molecule has 0 saturated heterocycles. The molecule has 0 aliphatic carbocycles. The van der Waals surface area contributed by atoms with Gasteiger partial charge < -0.3 is 4.74 Å². The van der Waals surface area contributed by atoms with Crippen molar-refractivity contribution in [3.05, 3.63) is 34.9 Å². The minimum atomic E-state index is -3.49. The SMILES string of the molecule is COC(=O)C(Cc1ccc(Cl)cc1)S(C)(=O)=O. The van der Waals surface area contributed by atoms with Gasteiger partial charge in [0.1, 0.15) is 0 Å². The van der Waals surface area contributed by atoms with Gasteiger partial charge in [-0.25, -0.2) is 8.42 Å². The van der Waals surface area contributed by atoms with Crippen LogP contribution in [0.5, 0.6) is 0 Å². The number of hydrogen-bond acceptors (Lipinski definition) is 4. The number of carbonyl (C=O) groups is 1. The van der Waals surface area contributed by atoms with E-state index in [4.69, 9.17) is 11.6 Å². The highest BCUT2D eigenvalue weighted by Crippen LogP contribution is 2.14. The van der Waals surface area contributed by atoms with Crippen molar-refractivity contribution in [2.45, 2.75) is 11.7 Å². The molecule has 1 rings (SSSR count). The second-order valence-electron chi connectivity index (χ2n) is 3.67. The summed E-state index contributed by atoms with van der Waals surface area (Å²) < 4.78 is 27.4. The molecule has 0 radical (unpaired) electrons. The Kier molecular flexibility index (Phi) is 4.54. The highest BCUT2D eigenvalue weighted by Gasteiger charge is 2.29. The normalized spacial score (nSPS) is 13.1. The van der Waals surface area contributed by atoms with E-state index in [-0.39, 0.29) is 6.42 Å². The largest absolute Gasteiger partial charge is 0.468 e. The molecule has 1 unspecified atom stereocenters. The minimum absolute atomic E-state index is 0.0860. The van der Waals surface area contributed by atoms with Crippen LogP contribution in [0.2, 0.25) is 5.02 Å². The van der Waals surface area contributed by atoms with Gasteiger partial charge in [0.05, 0.1) is 7.11 Å². The zero-order valence-corrected chi connectivity index (χ0v) is 11.1. The predicted octanol–water partition coefficient (Wildman–Crippen LogP) is 1.47. The van der Waals surface area contributed by atoms with Gasteiger partial charge in [-0.1, -0.05) is 23.7 Å². The molecule has 17 heavy (non-hydrogen) atoms. The van der Waals surface area contributed by atoms with Crippen LogP contribution in [-0.4, -0.2) is 33.0 Å². The Bertz CT molecular complexity index is 493. The Morgan fingerprint density at radius 1 is 1.35 bits per heavy atom. The maximum atomic E-state index is 11.5. The van der Waals surface area contributed by atoms with Crippen LogP contribution in [0.3, 0.4) is 0 Å². The molecule has 1 atom stereocenters. The number of halogens is 1. The van der Waals surface area contributed by atoms with Crippen LogP contribution < -0.4 is 0 Å². The molecular weight excluding hydrogens is 264 g/mol. The van der Waals surface area contributed by atoms with E-state index in [1.807, 2.05) is 0 Å². The van der Waals surface area contributed by atoms with Gasteiger partial charge in [-0.3, -0.25) is 4.79 Å². The molecule has 0 bridgehead atoms. The molecule has 6 heteroatoms. The highest BCUT2D eigenvalue weighted by atomic mass is 35.5. The van der Waals surface area contributed by atoms with Crippen molar-refractivity contribution in [2.75, 3.05) is 13.4 Å². The van der Waals surface area contributed by atoms with Crippen molar-refractivity contribution in [3.63, 3.8) is 0 Å². The third kappa shape index (κ3) is 4.02. The number of hydrogen-bond donors (Lipinski definition) is 0. The van der Waals surface area contributed by atoms with Crippen molar-refractivity contribution in [3.8, 4) is 0 Å². The molecule has 0 amide bonds. The predicted molar refractivity (Wildman–Crippen MR) is 65.8 cm³/mol. The van der Waals surface area contributed by atoms with E-state index in [2.05, 4.69) is 4.74 Å². The summed E-state index contributed by atoms with van der Waals surface area (Å²) in [6, 6.07) is 6.66. The fourth-order valence-corrected chi connectivity index (χ4v) is 2.44. The van der Waals surface area contributed by atoms with E-state index in [1.165, 1.54) is 7.11 Å². The second kappa shape index (κ2) is 5.51. The molecule has 1 aromatic carbocycles. The zero-order valence-electron chi connectivity index (χ0n) is 9.51. The van der Waals surface area contributed by atoms with Gasteiger partial charge in [-0.05, 0) is 24.1 Å². The van der Waals surface area contributed by atoms with Crippen LogP contribution in [0.1, 0.15) is 5.56 Å². The first-order valence-corrected chi connectivity index (χ1v) is 7.19. The summed E-state index contributed by atoms with van der Waals surface area (Å²) in [5.74, 6) is -0.748. The van der Waals surface area contributed by atoms with Crippen LogP contribution in [0, 0.1) is 0 Å². The maximum absolute atomic E-state index is 11.5. The van der Waals surface area contributed by atoms with Gasteiger partial charge in [0, 0.05) is 11.3 Å². The van der Waals surface area contributed by atoms with Crippen molar-refractivity contribution >= 4 is 27.4 Å². The second-order valence-corrected chi connectivity index (χ2v) is 6.34. The lowest BCUT2D eigenvalue weighted by Crippen LogP contribution is -2.32.